The number of imidazole rings is 1. The summed E-state index contributed by atoms with van der Waals surface area (Å²) in [6.07, 6.45) is 2.59. The van der Waals surface area contributed by atoms with Gasteiger partial charge in [-0.15, -0.1) is 0 Å². The lowest BCUT2D eigenvalue weighted by Crippen LogP contribution is -2.52. The number of alkyl halides is 4. The van der Waals surface area contributed by atoms with Crippen LogP contribution < -0.4 is 26.0 Å². The minimum Gasteiger partial charge on any atom is -0.495 e. The highest BCUT2D eigenvalue weighted by molar-refractivity contribution is 8.00. The van der Waals surface area contributed by atoms with Crippen LogP contribution in [0.3, 0.4) is 0 Å². The highest BCUT2D eigenvalue weighted by Crippen LogP contribution is 2.40. The second kappa shape index (κ2) is 11.5. The molecule has 2 aliphatic rings. The number of para-hydroxylation sites is 1. The van der Waals surface area contributed by atoms with E-state index < -0.39 is 17.7 Å². The van der Waals surface area contributed by atoms with Crippen LogP contribution in [-0.4, -0.2) is 65.8 Å². The molecule has 8 nitrogen and oxygen atoms in total. The predicted octanol–water partition coefficient (Wildman–Crippen LogP) is 4.42. The summed E-state index contributed by atoms with van der Waals surface area (Å²) in [7, 11) is 2.96. The average molecular weight is 577 g/mol. The molecular formula is C27H28F4N6O2S. The Hall–Kier alpha value is -3.63. The van der Waals surface area contributed by atoms with Crippen LogP contribution >= 0.6 is 11.8 Å². The number of benzene rings is 1. The van der Waals surface area contributed by atoms with E-state index in [2.05, 4.69) is 38.1 Å². The number of methoxy groups -OCH3 is 1. The summed E-state index contributed by atoms with van der Waals surface area (Å²) in [6, 6.07) is 7.74. The number of carbonyl (C=O) groups excluding carboxylic acids is 1. The van der Waals surface area contributed by atoms with Gasteiger partial charge >= 0.3 is 5.51 Å². The summed E-state index contributed by atoms with van der Waals surface area (Å²) in [4.78, 5) is 16.7. The molecule has 4 N–H and O–H groups in total. The van der Waals surface area contributed by atoms with Crippen LogP contribution in [0.2, 0.25) is 0 Å². The van der Waals surface area contributed by atoms with Gasteiger partial charge in [-0.05, 0) is 49.4 Å². The zero-order chi connectivity index (χ0) is 28.4. The minimum atomic E-state index is -4.58. The van der Waals surface area contributed by atoms with E-state index in [1.807, 2.05) is 0 Å². The number of nitrogens with zero attached hydrogens (tertiary/aromatic N) is 2. The van der Waals surface area contributed by atoms with E-state index in [4.69, 9.17) is 4.74 Å². The molecule has 0 spiro atoms. The zero-order valence-electron chi connectivity index (χ0n) is 21.7. The number of thioether (sulfide) groups is 1. The molecule has 2 saturated heterocycles. The third kappa shape index (κ3) is 5.78. The molecule has 5 rings (SSSR count). The van der Waals surface area contributed by atoms with Crippen molar-refractivity contribution in [2.24, 2.45) is 0 Å². The van der Waals surface area contributed by atoms with Crippen LogP contribution in [0.4, 0.5) is 28.9 Å². The number of ether oxygens (including phenoxy) is 1. The summed E-state index contributed by atoms with van der Waals surface area (Å²) < 4.78 is 62.3. The summed E-state index contributed by atoms with van der Waals surface area (Å²) >= 11 is -0.308. The molecule has 4 heterocycles. The molecule has 2 bridgehead atoms. The third-order valence-electron chi connectivity index (χ3n) is 7.02. The van der Waals surface area contributed by atoms with Crippen molar-refractivity contribution in [3.63, 3.8) is 0 Å². The van der Waals surface area contributed by atoms with Gasteiger partial charge in [0.1, 0.15) is 22.6 Å². The van der Waals surface area contributed by atoms with Crippen molar-refractivity contribution < 1.29 is 27.1 Å². The number of halogens is 4. The topological polar surface area (TPSA) is 91.7 Å². The summed E-state index contributed by atoms with van der Waals surface area (Å²) in [5.74, 6) is 5.62. The number of hydrogen-bond acceptors (Lipinski definition) is 7. The first-order valence-corrected chi connectivity index (χ1v) is 13.6. The Kier molecular flexibility index (Phi) is 8.00. The second-order valence-electron chi connectivity index (χ2n) is 9.52. The van der Waals surface area contributed by atoms with Gasteiger partial charge in [0.25, 0.3) is 5.91 Å². The molecule has 2 fully saturated rings. The van der Waals surface area contributed by atoms with Gasteiger partial charge in [0.05, 0.1) is 36.6 Å². The van der Waals surface area contributed by atoms with Gasteiger partial charge in [0.15, 0.2) is 5.65 Å². The number of anilines is 2. The molecule has 13 heteroatoms. The van der Waals surface area contributed by atoms with Crippen LogP contribution in [0.1, 0.15) is 35.3 Å². The molecular weight excluding hydrogens is 548 g/mol. The van der Waals surface area contributed by atoms with Crippen molar-refractivity contribution in [1.82, 2.24) is 20.0 Å². The third-order valence-corrected chi connectivity index (χ3v) is 7.84. The lowest BCUT2D eigenvalue weighted by atomic mass is 9.97. The number of piperidine rings is 1. The van der Waals surface area contributed by atoms with Gasteiger partial charge < -0.3 is 26.0 Å². The minimum absolute atomic E-state index is 0.000847. The number of rotatable bonds is 7. The molecule has 40 heavy (non-hydrogen) atoms. The molecule has 1 aromatic carbocycles. The van der Waals surface area contributed by atoms with Crippen LogP contribution in [0.25, 0.3) is 5.65 Å². The van der Waals surface area contributed by atoms with Gasteiger partial charge in [-0.3, -0.25) is 9.20 Å². The van der Waals surface area contributed by atoms with Crippen LogP contribution in [0.15, 0.2) is 41.6 Å². The van der Waals surface area contributed by atoms with E-state index in [1.165, 1.54) is 24.8 Å². The first-order valence-electron chi connectivity index (χ1n) is 12.7. The lowest BCUT2D eigenvalue weighted by Gasteiger charge is -2.33. The molecule has 0 unspecified atom stereocenters. The maximum Gasteiger partial charge on any atom is 0.447 e. The molecule has 0 aliphatic carbocycles. The quantitative estimate of drug-likeness (QED) is 0.188. The fourth-order valence-electron chi connectivity index (χ4n) is 5.26. The number of aromatic nitrogens is 2. The lowest BCUT2D eigenvalue weighted by molar-refractivity contribution is -0.0330. The van der Waals surface area contributed by atoms with Gasteiger partial charge in [-0.2, -0.15) is 13.2 Å². The number of fused-ring (bicyclic) bond motifs is 3. The smallest absolute Gasteiger partial charge is 0.447 e. The number of amides is 1. The van der Waals surface area contributed by atoms with Crippen molar-refractivity contribution in [2.45, 2.75) is 54.1 Å². The number of pyridine rings is 1. The van der Waals surface area contributed by atoms with Gasteiger partial charge in [-0.1, -0.05) is 12.0 Å². The Morgan fingerprint density at radius 1 is 1.27 bits per heavy atom. The highest BCUT2D eigenvalue weighted by atomic mass is 32.2. The summed E-state index contributed by atoms with van der Waals surface area (Å²) in [5.41, 5.74) is -3.23. The number of carbonyl (C=O) groups is 1. The normalized spacial score (nSPS) is 21.9. The first kappa shape index (κ1) is 27.9. The number of nitrogens with one attached hydrogen (secondary N) is 4. The molecule has 1 amide bonds. The molecule has 4 atom stereocenters. The zero-order valence-corrected chi connectivity index (χ0v) is 22.5. The predicted molar refractivity (Wildman–Crippen MR) is 146 cm³/mol. The highest BCUT2D eigenvalue weighted by Gasteiger charge is 2.42. The Bertz CT molecular complexity index is 1470. The van der Waals surface area contributed by atoms with Crippen molar-refractivity contribution >= 4 is 34.7 Å². The maximum absolute atomic E-state index is 15.1. The van der Waals surface area contributed by atoms with E-state index >= 15 is 4.39 Å². The standard InChI is InChI=1S/C27H28F4N6O2S/c1-32-25(38)16-6-3-9-21(39-2)23(16)33-12-4-7-19-26(40-27(29,30)31)37-13-5-8-18(24(37)36-19)35-20-14-15-10-11-17(34-15)22(20)28/h3,5-6,8-9,13,15,17,20,22,33-35H,10-12,14H2,1-2H3,(H,32,38)/t15-,17+,20-,22+/m1/s1. The van der Waals surface area contributed by atoms with Gasteiger partial charge in [-0.25, -0.2) is 9.37 Å². The molecule has 0 saturated carbocycles. The molecule has 212 valence electrons. The van der Waals surface area contributed by atoms with Crippen molar-refractivity contribution in [2.75, 3.05) is 31.3 Å². The molecule has 3 aromatic rings. The van der Waals surface area contributed by atoms with Crippen molar-refractivity contribution in [3.05, 3.63) is 47.8 Å². The van der Waals surface area contributed by atoms with Crippen LogP contribution in [-0.2, 0) is 0 Å². The van der Waals surface area contributed by atoms with Gasteiger partial charge in [0, 0.05) is 37.1 Å². The summed E-state index contributed by atoms with van der Waals surface area (Å²) in [6.45, 7) is 0.000847. The monoisotopic (exact) mass is 576 g/mol. The van der Waals surface area contributed by atoms with Crippen LogP contribution in [0, 0.1) is 11.8 Å². The largest absolute Gasteiger partial charge is 0.495 e. The molecule has 2 aromatic heterocycles. The number of hydrogen-bond donors (Lipinski definition) is 4. The summed E-state index contributed by atoms with van der Waals surface area (Å²) in [5, 5.41) is 11.9. The maximum atomic E-state index is 15.1. The Morgan fingerprint density at radius 3 is 2.85 bits per heavy atom. The Morgan fingerprint density at radius 2 is 2.10 bits per heavy atom. The van der Waals surface area contributed by atoms with Crippen LogP contribution in [0.5, 0.6) is 5.75 Å². The Labute approximate surface area is 232 Å². The SMILES string of the molecule is CNC(=O)c1cccc(OC)c1NCC#Cc1nc2c(N[C@@H]3C[C@H]4CC[C@H](N4)[C@@H]3F)cccn2c1SC(F)(F)F. The van der Waals surface area contributed by atoms with E-state index in [1.54, 1.807) is 30.3 Å². The average Bonchev–Trinajstić information content (AvgIpc) is 3.50. The second-order valence-corrected chi connectivity index (χ2v) is 10.6. The Balaban J connectivity index is 1.44. The molecule has 2 aliphatic heterocycles. The molecule has 0 radical (unpaired) electrons. The van der Waals surface area contributed by atoms with Crippen molar-refractivity contribution in [3.8, 4) is 17.6 Å². The van der Waals surface area contributed by atoms with E-state index in [0.29, 0.717) is 29.1 Å². The van der Waals surface area contributed by atoms with E-state index in [-0.39, 0.29) is 52.7 Å². The van der Waals surface area contributed by atoms with E-state index in [0.717, 1.165) is 12.8 Å². The fraction of sp³-hybridized carbons (Fsp3) is 0.407. The fourth-order valence-corrected chi connectivity index (χ4v) is 5.92. The van der Waals surface area contributed by atoms with E-state index in [9.17, 15) is 18.0 Å². The first-order chi connectivity index (χ1) is 19.2. The van der Waals surface area contributed by atoms with Gasteiger partial charge in [0.2, 0.25) is 0 Å². The van der Waals surface area contributed by atoms with Crippen molar-refractivity contribution in [1.29, 1.82) is 0 Å².